The number of carbonyl (C=O) groups excluding carboxylic acids is 1. The van der Waals surface area contributed by atoms with Crippen molar-refractivity contribution in [2.24, 2.45) is 11.1 Å². The molecule has 0 spiro atoms. The van der Waals surface area contributed by atoms with Crippen molar-refractivity contribution in [1.29, 1.82) is 0 Å². The highest BCUT2D eigenvalue weighted by atomic mass is 16.3. The van der Waals surface area contributed by atoms with Gasteiger partial charge in [-0.15, -0.1) is 4.91 Å². The van der Waals surface area contributed by atoms with E-state index >= 15 is 0 Å². The molecule has 3 heteroatoms. The van der Waals surface area contributed by atoms with Crippen molar-refractivity contribution >= 4 is 5.91 Å². The second-order valence-corrected chi connectivity index (χ2v) is 5.59. The minimum Gasteiger partial charge on any atom is -0.269 e. The van der Waals surface area contributed by atoms with Crippen LogP contribution in [0.15, 0.2) is 5.18 Å². The van der Waals surface area contributed by atoms with E-state index in [1.54, 1.807) is 0 Å². The molecule has 0 aromatic rings. The van der Waals surface area contributed by atoms with E-state index in [-0.39, 0.29) is 0 Å². The molecule has 0 heterocycles. The molecular weight excluding hydrogens is 238 g/mol. The predicted molar refractivity (Wildman–Crippen MR) is 81.0 cm³/mol. The van der Waals surface area contributed by atoms with Gasteiger partial charge in [0.1, 0.15) is 0 Å². The lowest BCUT2D eigenvalue weighted by Crippen LogP contribution is -2.03. The van der Waals surface area contributed by atoms with Gasteiger partial charge in [0.25, 0.3) is 5.91 Å². The summed E-state index contributed by atoms with van der Waals surface area (Å²) in [7, 11) is 0. The van der Waals surface area contributed by atoms with Crippen LogP contribution >= 0.6 is 0 Å². The molecule has 0 N–H and O–H groups in total. The molecule has 112 valence electrons. The van der Waals surface area contributed by atoms with Crippen LogP contribution in [-0.2, 0) is 4.79 Å². The van der Waals surface area contributed by atoms with Gasteiger partial charge in [0.15, 0.2) is 0 Å². The molecule has 0 bridgehead atoms. The number of hydrogen-bond donors (Lipinski definition) is 0. The molecule has 0 aliphatic rings. The second kappa shape index (κ2) is 13.7. The third-order valence-corrected chi connectivity index (χ3v) is 3.79. The average Bonchev–Trinajstić information content (AvgIpc) is 2.43. The lowest BCUT2D eigenvalue weighted by atomic mass is 9.90. The van der Waals surface area contributed by atoms with Gasteiger partial charge in [-0.05, 0) is 18.8 Å². The molecule has 1 unspecified atom stereocenters. The van der Waals surface area contributed by atoms with Gasteiger partial charge in [0, 0.05) is 11.6 Å². The molecule has 1 amide bonds. The zero-order chi connectivity index (χ0) is 14.3. The summed E-state index contributed by atoms with van der Waals surface area (Å²) in [6, 6.07) is 0. The standard InChI is InChI=1S/C16H31NO2/c1-3-5-7-8-9-12-15(11-6-4-2)13-10-14-16(18)17-19/h15H,3-14H2,1-2H3. The third-order valence-electron chi connectivity index (χ3n) is 3.79. The fraction of sp³-hybridized carbons (Fsp3) is 0.938. The van der Waals surface area contributed by atoms with Crippen molar-refractivity contribution in [3.63, 3.8) is 0 Å². The van der Waals surface area contributed by atoms with Crippen LogP contribution < -0.4 is 0 Å². The molecule has 3 nitrogen and oxygen atoms in total. The monoisotopic (exact) mass is 269 g/mol. The number of nitrogens with zero attached hydrogens (tertiary/aromatic N) is 1. The van der Waals surface area contributed by atoms with Gasteiger partial charge in [-0.3, -0.25) is 4.79 Å². The Kier molecular flexibility index (Phi) is 13.2. The Morgan fingerprint density at radius 2 is 1.42 bits per heavy atom. The molecule has 0 saturated heterocycles. The van der Waals surface area contributed by atoms with E-state index in [1.165, 1.54) is 57.8 Å². The molecule has 0 aromatic carbocycles. The molecule has 1 atom stereocenters. The topological polar surface area (TPSA) is 46.5 Å². The van der Waals surface area contributed by atoms with E-state index in [4.69, 9.17) is 0 Å². The van der Waals surface area contributed by atoms with Crippen molar-refractivity contribution in [2.45, 2.75) is 90.9 Å². The Morgan fingerprint density at radius 1 is 0.842 bits per heavy atom. The van der Waals surface area contributed by atoms with Crippen LogP contribution in [0.25, 0.3) is 0 Å². The first-order chi connectivity index (χ1) is 9.24. The minimum absolute atomic E-state index is 0.335. The lowest BCUT2D eigenvalue weighted by Gasteiger charge is -2.16. The number of carbonyl (C=O) groups is 1. The van der Waals surface area contributed by atoms with Gasteiger partial charge in [-0.2, -0.15) is 0 Å². The van der Waals surface area contributed by atoms with Crippen LogP contribution in [0.3, 0.4) is 0 Å². The second-order valence-electron chi connectivity index (χ2n) is 5.59. The van der Waals surface area contributed by atoms with Crippen LogP contribution in [-0.4, -0.2) is 5.91 Å². The van der Waals surface area contributed by atoms with E-state index in [2.05, 4.69) is 19.0 Å². The highest BCUT2D eigenvalue weighted by Crippen LogP contribution is 2.23. The normalized spacial score (nSPS) is 12.3. The quantitative estimate of drug-likeness (QED) is 0.322. The van der Waals surface area contributed by atoms with Gasteiger partial charge in [0.05, 0.1) is 0 Å². The Balaban J connectivity index is 3.74. The van der Waals surface area contributed by atoms with E-state index in [9.17, 15) is 9.70 Å². The predicted octanol–water partition coefficient (Wildman–Crippen LogP) is 5.62. The first-order valence-electron chi connectivity index (χ1n) is 8.10. The maximum Gasteiger partial charge on any atom is 0.286 e. The molecule has 0 aliphatic heterocycles. The molecular formula is C16H31NO2. The van der Waals surface area contributed by atoms with Gasteiger partial charge in [-0.1, -0.05) is 71.6 Å². The molecule has 0 aliphatic carbocycles. The molecule has 0 saturated carbocycles. The number of amides is 1. The Hall–Kier alpha value is -0.730. The van der Waals surface area contributed by atoms with Crippen molar-refractivity contribution in [3.05, 3.63) is 4.91 Å². The van der Waals surface area contributed by atoms with Gasteiger partial charge < -0.3 is 0 Å². The van der Waals surface area contributed by atoms with Crippen LogP contribution in [0, 0.1) is 10.8 Å². The molecule has 0 radical (unpaired) electrons. The molecule has 19 heavy (non-hydrogen) atoms. The number of rotatable bonds is 13. The number of nitroso groups, excluding NO2 is 1. The Labute approximate surface area is 118 Å². The summed E-state index contributed by atoms with van der Waals surface area (Å²) in [5.74, 6) is 0.248. The van der Waals surface area contributed by atoms with E-state index in [0.717, 1.165) is 18.8 Å². The van der Waals surface area contributed by atoms with E-state index in [1.807, 2.05) is 0 Å². The smallest absolute Gasteiger partial charge is 0.269 e. The third kappa shape index (κ3) is 12.1. The Bertz CT molecular complexity index is 229. The highest BCUT2D eigenvalue weighted by molar-refractivity contribution is 5.76. The summed E-state index contributed by atoms with van der Waals surface area (Å²) in [5, 5.41) is 2.45. The highest BCUT2D eigenvalue weighted by Gasteiger charge is 2.09. The summed E-state index contributed by atoms with van der Waals surface area (Å²) in [6.45, 7) is 4.46. The number of hydrogen-bond acceptors (Lipinski definition) is 2. The van der Waals surface area contributed by atoms with Crippen LogP contribution in [0.2, 0.25) is 0 Å². The summed E-state index contributed by atoms with van der Waals surface area (Å²) in [6.07, 6.45) is 14.0. The van der Waals surface area contributed by atoms with E-state index in [0.29, 0.717) is 6.42 Å². The summed E-state index contributed by atoms with van der Waals surface area (Å²) in [5.41, 5.74) is 0. The maximum absolute atomic E-state index is 10.9. The number of unbranched alkanes of at least 4 members (excludes halogenated alkanes) is 5. The maximum atomic E-state index is 10.9. The fourth-order valence-corrected chi connectivity index (χ4v) is 2.55. The summed E-state index contributed by atoms with van der Waals surface area (Å²) >= 11 is 0. The van der Waals surface area contributed by atoms with Gasteiger partial charge in [0.2, 0.25) is 0 Å². The zero-order valence-corrected chi connectivity index (χ0v) is 12.8. The first kappa shape index (κ1) is 18.3. The molecule has 0 rings (SSSR count). The van der Waals surface area contributed by atoms with E-state index < -0.39 is 5.91 Å². The minimum atomic E-state index is -0.489. The van der Waals surface area contributed by atoms with Crippen LogP contribution in [0.5, 0.6) is 0 Å². The largest absolute Gasteiger partial charge is 0.286 e. The summed E-state index contributed by atoms with van der Waals surface area (Å²) < 4.78 is 0. The average molecular weight is 269 g/mol. The first-order valence-corrected chi connectivity index (χ1v) is 8.10. The zero-order valence-electron chi connectivity index (χ0n) is 12.8. The van der Waals surface area contributed by atoms with Gasteiger partial charge >= 0.3 is 0 Å². The molecule has 0 fully saturated rings. The van der Waals surface area contributed by atoms with Crippen molar-refractivity contribution < 1.29 is 4.79 Å². The SMILES string of the molecule is CCCCCCCC(CCCC)CCCC(=O)N=O. The van der Waals surface area contributed by atoms with Crippen molar-refractivity contribution in [3.8, 4) is 0 Å². The molecule has 0 aromatic heterocycles. The van der Waals surface area contributed by atoms with Crippen molar-refractivity contribution in [1.82, 2.24) is 0 Å². The summed E-state index contributed by atoms with van der Waals surface area (Å²) in [4.78, 5) is 20.9. The fourth-order valence-electron chi connectivity index (χ4n) is 2.55. The van der Waals surface area contributed by atoms with Crippen LogP contribution in [0.4, 0.5) is 0 Å². The Morgan fingerprint density at radius 3 is 2.05 bits per heavy atom. The lowest BCUT2D eigenvalue weighted by molar-refractivity contribution is -0.118. The van der Waals surface area contributed by atoms with Gasteiger partial charge in [-0.25, -0.2) is 0 Å². The van der Waals surface area contributed by atoms with Crippen molar-refractivity contribution in [2.75, 3.05) is 0 Å². The van der Waals surface area contributed by atoms with Crippen LogP contribution in [0.1, 0.15) is 90.9 Å².